The van der Waals surface area contributed by atoms with Crippen molar-refractivity contribution in [3.05, 3.63) is 29.3 Å². The van der Waals surface area contributed by atoms with Crippen LogP contribution in [-0.4, -0.2) is 49.6 Å². The highest BCUT2D eigenvalue weighted by Crippen LogP contribution is 2.59. The Morgan fingerprint density at radius 2 is 1.92 bits per heavy atom. The Hall–Kier alpha value is -1.89. The Morgan fingerprint density at radius 3 is 2.40 bits per heavy atom. The molecule has 7 heteroatoms. The minimum Gasteiger partial charge on any atom is -0.481 e. The number of carboxylic acids is 1. The first-order valence-electron chi connectivity index (χ1n) is 8.53. The molecule has 1 aromatic carbocycles. The van der Waals surface area contributed by atoms with Crippen molar-refractivity contribution in [2.24, 2.45) is 11.3 Å². The van der Waals surface area contributed by atoms with Crippen LogP contribution in [0.25, 0.3) is 0 Å². The summed E-state index contributed by atoms with van der Waals surface area (Å²) in [7, 11) is -3.38. The second kappa shape index (κ2) is 6.12. The highest BCUT2D eigenvalue weighted by atomic mass is 32.2. The standard InChI is InChI=1S/C18H23NO5S/c1-3-12-4-5-13(25(2,23)24)10-14(12)16(20)19-8-6-18(7-9-19)11-15(18)17(21)22/h4-5,10,15H,3,6-9,11H2,1-2H3,(H,21,22). The van der Waals surface area contributed by atoms with Crippen LogP contribution in [0.5, 0.6) is 0 Å². The van der Waals surface area contributed by atoms with Crippen molar-refractivity contribution < 1.29 is 23.1 Å². The van der Waals surface area contributed by atoms with Gasteiger partial charge in [-0.2, -0.15) is 0 Å². The molecule has 1 heterocycles. The molecule has 1 N–H and O–H groups in total. The maximum absolute atomic E-state index is 12.9. The second-order valence-corrected chi connectivity index (χ2v) is 9.21. The van der Waals surface area contributed by atoms with E-state index in [9.17, 15) is 18.0 Å². The fraction of sp³-hybridized carbons (Fsp3) is 0.556. The molecule has 1 aromatic rings. The molecule has 25 heavy (non-hydrogen) atoms. The van der Waals surface area contributed by atoms with Crippen LogP contribution in [0.15, 0.2) is 23.1 Å². The largest absolute Gasteiger partial charge is 0.481 e. The topological polar surface area (TPSA) is 91.8 Å². The molecule has 0 bridgehead atoms. The number of carboxylic acid groups (broad SMARTS) is 1. The maximum atomic E-state index is 12.9. The van der Waals surface area contributed by atoms with Crippen molar-refractivity contribution in [3.8, 4) is 0 Å². The van der Waals surface area contributed by atoms with Gasteiger partial charge in [0, 0.05) is 24.9 Å². The molecule has 0 radical (unpaired) electrons. The first kappa shape index (κ1) is 17.9. The molecule has 1 aliphatic heterocycles. The van der Waals surface area contributed by atoms with Crippen molar-refractivity contribution in [1.82, 2.24) is 4.90 Å². The van der Waals surface area contributed by atoms with Gasteiger partial charge in [0.25, 0.3) is 5.91 Å². The predicted molar refractivity (Wildman–Crippen MR) is 92.2 cm³/mol. The number of aryl methyl sites for hydroxylation is 1. The van der Waals surface area contributed by atoms with E-state index < -0.39 is 15.8 Å². The summed E-state index contributed by atoms with van der Waals surface area (Å²) >= 11 is 0. The van der Waals surface area contributed by atoms with Gasteiger partial charge >= 0.3 is 5.97 Å². The van der Waals surface area contributed by atoms with Crippen molar-refractivity contribution in [3.63, 3.8) is 0 Å². The molecular weight excluding hydrogens is 342 g/mol. The quantitative estimate of drug-likeness (QED) is 0.881. The summed E-state index contributed by atoms with van der Waals surface area (Å²) < 4.78 is 23.6. The normalized spacial score (nSPS) is 22.0. The summed E-state index contributed by atoms with van der Waals surface area (Å²) in [5.41, 5.74) is 1.13. The van der Waals surface area contributed by atoms with Crippen LogP contribution in [0.3, 0.4) is 0 Å². The van der Waals surface area contributed by atoms with E-state index in [1.165, 1.54) is 12.1 Å². The molecule has 1 saturated carbocycles. The zero-order valence-corrected chi connectivity index (χ0v) is 15.3. The predicted octanol–water partition coefficient (Wildman–Crippen LogP) is 1.98. The van der Waals surface area contributed by atoms with Gasteiger partial charge in [0.2, 0.25) is 0 Å². The number of carbonyl (C=O) groups excluding carboxylic acids is 1. The van der Waals surface area contributed by atoms with E-state index in [0.717, 1.165) is 11.8 Å². The first-order valence-corrected chi connectivity index (χ1v) is 10.4. The zero-order valence-electron chi connectivity index (χ0n) is 14.5. The molecule has 1 aliphatic carbocycles. The highest BCUT2D eigenvalue weighted by molar-refractivity contribution is 7.90. The minimum absolute atomic E-state index is 0.134. The van der Waals surface area contributed by atoms with Crippen LogP contribution in [0.4, 0.5) is 0 Å². The summed E-state index contributed by atoms with van der Waals surface area (Å²) in [6.45, 7) is 2.98. The van der Waals surface area contributed by atoms with Crippen LogP contribution < -0.4 is 0 Å². The number of benzene rings is 1. The van der Waals surface area contributed by atoms with Gasteiger partial charge in [0.1, 0.15) is 0 Å². The van der Waals surface area contributed by atoms with Crippen LogP contribution in [0.2, 0.25) is 0 Å². The van der Waals surface area contributed by atoms with Gasteiger partial charge in [-0.3, -0.25) is 9.59 Å². The van der Waals surface area contributed by atoms with E-state index in [-0.39, 0.29) is 22.1 Å². The lowest BCUT2D eigenvalue weighted by molar-refractivity contribution is -0.139. The zero-order chi connectivity index (χ0) is 18.4. The van der Waals surface area contributed by atoms with Crippen molar-refractivity contribution in [1.29, 1.82) is 0 Å². The summed E-state index contributed by atoms with van der Waals surface area (Å²) in [6.07, 6.45) is 3.87. The number of piperidine rings is 1. The Balaban J connectivity index is 1.79. The third-order valence-electron chi connectivity index (χ3n) is 5.66. The number of sulfone groups is 1. The number of rotatable bonds is 4. The average molecular weight is 365 g/mol. The van der Waals surface area contributed by atoms with Gasteiger partial charge in [-0.25, -0.2) is 8.42 Å². The number of nitrogens with zero attached hydrogens (tertiary/aromatic N) is 1. The summed E-state index contributed by atoms with van der Waals surface area (Å²) in [5, 5.41) is 9.16. The molecule has 3 rings (SSSR count). The number of hydrogen-bond acceptors (Lipinski definition) is 4. The molecule has 1 saturated heterocycles. The Morgan fingerprint density at radius 1 is 1.28 bits per heavy atom. The van der Waals surface area contributed by atoms with E-state index in [1.807, 2.05) is 6.92 Å². The Kier molecular flexibility index (Phi) is 4.39. The van der Waals surface area contributed by atoms with E-state index in [0.29, 0.717) is 44.3 Å². The lowest BCUT2D eigenvalue weighted by atomic mass is 9.90. The lowest BCUT2D eigenvalue weighted by Gasteiger charge is -2.33. The summed E-state index contributed by atoms with van der Waals surface area (Å²) in [4.78, 5) is 25.9. The molecule has 1 atom stereocenters. The van der Waals surface area contributed by atoms with E-state index in [2.05, 4.69) is 0 Å². The molecule has 1 amide bonds. The van der Waals surface area contributed by atoms with Crippen molar-refractivity contribution >= 4 is 21.7 Å². The maximum Gasteiger partial charge on any atom is 0.307 e. The van der Waals surface area contributed by atoms with Crippen LogP contribution >= 0.6 is 0 Å². The van der Waals surface area contributed by atoms with Crippen LogP contribution in [0.1, 0.15) is 42.1 Å². The van der Waals surface area contributed by atoms with E-state index in [1.54, 1.807) is 11.0 Å². The van der Waals surface area contributed by atoms with Gasteiger partial charge in [-0.1, -0.05) is 13.0 Å². The smallest absolute Gasteiger partial charge is 0.307 e. The SMILES string of the molecule is CCc1ccc(S(C)(=O)=O)cc1C(=O)N1CCC2(CC1)CC2C(=O)O. The monoisotopic (exact) mass is 365 g/mol. The summed E-state index contributed by atoms with van der Waals surface area (Å²) in [6, 6.07) is 4.71. The number of carbonyl (C=O) groups is 2. The second-order valence-electron chi connectivity index (χ2n) is 7.19. The number of amides is 1. The third-order valence-corrected chi connectivity index (χ3v) is 6.77. The van der Waals surface area contributed by atoms with Gasteiger partial charge in [0.05, 0.1) is 10.8 Å². The fourth-order valence-electron chi connectivity index (χ4n) is 3.87. The highest BCUT2D eigenvalue weighted by Gasteiger charge is 2.59. The average Bonchev–Trinajstić information content (AvgIpc) is 3.27. The van der Waals surface area contributed by atoms with Crippen molar-refractivity contribution in [2.45, 2.75) is 37.5 Å². The molecular formula is C18H23NO5S. The molecule has 2 fully saturated rings. The van der Waals surface area contributed by atoms with Gasteiger partial charge in [0.15, 0.2) is 9.84 Å². The molecule has 2 aliphatic rings. The van der Waals surface area contributed by atoms with Crippen LogP contribution in [-0.2, 0) is 21.1 Å². The molecule has 1 spiro atoms. The number of hydrogen-bond donors (Lipinski definition) is 1. The van der Waals surface area contributed by atoms with Gasteiger partial charge in [-0.15, -0.1) is 0 Å². The summed E-state index contributed by atoms with van der Waals surface area (Å²) in [5.74, 6) is -1.18. The third kappa shape index (κ3) is 3.29. The molecule has 136 valence electrons. The Bertz CT molecular complexity index is 822. The fourth-order valence-corrected chi connectivity index (χ4v) is 4.52. The minimum atomic E-state index is -3.38. The van der Waals surface area contributed by atoms with Crippen LogP contribution in [0, 0.1) is 11.3 Å². The Labute approximate surface area is 147 Å². The molecule has 6 nitrogen and oxygen atoms in total. The number of likely N-dealkylation sites (tertiary alicyclic amines) is 1. The first-order chi connectivity index (χ1) is 11.7. The van der Waals surface area contributed by atoms with Gasteiger partial charge in [-0.05, 0) is 48.8 Å². The van der Waals surface area contributed by atoms with Gasteiger partial charge < -0.3 is 10.0 Å². The number of aliphatic carboxylic acids is 1. The molecule has 1 unspecified atom stereocenters. The lowest BCUT2D eigenvalue weighted by Crippen LogP contribution is -2.40. The van der Waals surface area contributed by atoms with E-state index >= 15 is 0 Å². The van der Waals surface area contributed by atoms with E-state index in [4.69, 9.17) is 5.11 Å². The molecule has 0 aromatic heterocycles. The van der Waals surface area contributed by atoms with Crippen molar-refractivity contribution in [2.75, 3.05) is 19.3 Å².